The number of hydrogen-bond acceptors (Lipinski definition) is 5. The molecular weight excluding hydrogens is 304 g/mol. The largest absolute Gasteiger partial charge is 0.496 e. The number of fused-ring (bicyclic) bond motifs is 1. The Morgan fingerprint density at radius 1 is 1.08 bits per heavy atom. The number of carbonyl (C=O) groups excluding carboxylic acids is 1. The molecule has 1 aromatic heterocycles. The van der Waals surface area contributed by atoms with Crippen molar-refractivity contribution in [2.24, 2.45) is 0 Å². The molecule has 0 saturated carbocycles. The standard InChI is InChI=1S/C15H18N2O.C3H8O.CH2O/c1-18-15-7-5-6-12-13(15)10-16-11-14(12)17-8-3-2-4-9-17;1-3-4-2;1-2/h5-7,10-11H,2-4,8-9H2,1H3;3H2,1-2H3;1H2. The van der Waals surface area contributed by atoms with Gasteiger partial charge in [-0.25, -0.2) is 0 Å². The van der Waals surface area contributed by atoms with Crippen molar-refractivity contribution in [1.82, 2.24) is 4.98 Å². The first-order valence-electron chi connectivity index (χ1n) is 8.25. The minimum atomic E-state index is 0.819. The predicted octanol–water partition coefficient (Wildman–Crippen LogP) is 3.70. The van der Waals surface area contributed by atoms with Gasteiger partial charge in [-0.05, 0) is 32.3 Å². The summed E-state index contributed by atoms with van der Waals surface area (Å²) in [6, 6.07) is 6.20. The Bertz CT molecular complexity index is 596. The average Bonchev–Trinajstić information content (AvgIpc) is 2.69. The maximum atomic E-state index is 8.00. The lowest BCUT2D eigenvalue weighted by Gasteiger charge is -2.29. The van der Waals surface area contributed by atoms with E-state index in [1.165, 1.54) is 30.3 Å². The molecule has 2 heterocycles. The normalized spacial score (nSPS) is 13.4. The van der Waals surface area contributed by atoms with E-state index in [0.717, 1.165) is 30.8 Å². The lowest BCUT2D eigenvalue weighted by molar-refractivity contribution is -0.0979. The topological polar surface area (TPSA) is 51.7 Å². The molecule has 0 atom stereocenters. The van der Waals surface area contributed by atoms with E-state index in [2.05, 4.69) is 26.8 Å². The first-order chi connectivity index (χ1) is 11.8. The second kappa shape index (κ2) is 11.4. The van der Waals surface area contributed by atoms with Crippen LogP contribution in [0.3, 0.4) is 0 Å². The molecule has 1 aliphatic rings. The van der Waals surface area contributed by atoms with E-state index in [1.54, 1.807) is 14.2 Å². The van der Waals surface area contributed by atoms with Gasteiger partial charge >= 0.3 is 0 Å². The van der Waals surface area contributed by atoms with E-state index >= 15 is 0 Å². The fourth-order valence-electron chi connectivity index (χ4n) is 2.72. The number of piperidine rings is 1. The zero-order valence-corrected chi connectivity index (χ0v) is 15.0. The van der Waals surface area contributed by atoms with Crippen molar-refractivity contribution in [1.29, 1.82) is 0 Å². The third-order valence-electron chi connectivity index (χ3n) is 3.95. The summed E-state index contributed by atoms with van der Waals surface area (Å²) in [4.78, 5) is 14.8. The number of rotatable bonds is 3. The van der Waals surface area contributed by atoms with Gasteiger partial charge in [-0.1, -0.05) is 12.1 Å². The molecule has 5 nitrogen and oxygen atoms in total. The van der Waals surface area contributed by atoms with Gasteiger partial charge < -0.3 is 19.2 Å². The van der Waals surface area contributed by atoms with Gasteiger partial charge in [-0.2, -0.15) is 0 Å². The van der Waals surface area contributed by atoms with Crippen LogP contribution in [-0.4, -0.2) is 45.7 Å². The van der Waals surface area contributed by atoms with Crippen LogP contribution in [0.1, 0.15) is 26.2 Å². The SMILES string of the molecule is C=O.CCOC.COc1cccc2c(N3CCCCC3)cncc12. The summed E-state index contributed by atoms with van der Waals surface area (Å²) in [6.07, 6.45) is 7.77. The number of anilines is 1. The quantitative estimate of drug-likeness (QED) is 0.858. The second-order valence-corrected chi connectivity index (χ2v) is 5.34. The van der Waals surface area contributed by atoms with Crippen LogP contribution in [0.4, 0.5) is 5.69 Å². The number of hydrogen-bond donors (Lipinski definition) is 0. The van der Waals surface area contributed by atoms with Crippen LogP contribution in [0, 0.1) is 0 Å². The molecule has 0 radical (unpaired) electrons. The summed E-state index contributed by atoms with van der Waals surface area (Å²) in [5.41, 5.74) is 1.24. The van der Waals surface area contributed by atoms with E-state index in [4.69, 9.17) is 9.53 Å². The van der Waals surface area contributed by atoms with Gasteiger partial charge in [0.05, 0.1) is 19.0 Å². The number of ether oxygens (including phenoxy) is 2. The zero-order chi connectivity index (χ0) is 17.8. The van der Waals surface area contributed by atoms with Crippen LogP contribution in [0.15, 0.2) is 30.6 Å². The van der Waals surface area contributed by atoms with E-state index < -0.39 is 0 Å². The summed E-state index contributed by atoms with van der Waals surface area (Å²) in [5.74, 6) is 0.902. The average molecular weight is 332 g/mol. The molecule has 1 saturated heterocycles. The van der Waals surface area contributed by atoms with Gasteiger partial charge in [0.25, 0.3) is 0 Å². The number of benzene rings is 1. The maximum Gasteiger partial charge on any atom is 0.128 e. The third kappa shape index (κ3) is 5.20. The number of aromatic nitrogens is 1. The molecule has 1 aliphatic heterocycles. The van der Waals surface area contributed by atoms with Gasteiger partial charge in [0.15, 0.2) is 0 Å². The highest BCUT2D eigenvalue weighted by Gasteiger charge is 2.14. The number of nitrogens with zero attached hydrogens (tertiary/aromatic N) is 2. The summed E-state index contributed by atoms with van der Waals surface area (Å²) >= 11 is 0. The Kier molecular flexibility index (Phi) is 9.46. The van der Waals surface area contributed by atoms with E-state index in [-0.39, 0.29) is 0 Å². The van der Waals surface area contributed by atoms with Crippen LogP contribution < -0.4 is 9.64 Å². The van der Waals surface area contributed by atoms with Gasteiger partial charge in [0.2, 0.25) is 0 Å². The molecule has 0 bridgehead atoms. The number of pyridine rings is 1. The van der Waals surface area contributed by atoms with E-state index in [9.17, 15) is 0 Å². The molecule has 132 valence electrons. The summed E-state index contributed by atoms with van der Waals surface area (Å²) in [6.45, 7) is 7.05. The van der Waals surface area contributed by atoms with Crippen molar-refractivity contribution in [3.8, 4) is 5.75 Å². The highest BCUT2D eigenvalue weighted by atomic mass is 16.5. The summed E-state index contributed by atoms with van der Waals surface area (Å²) in [7, 11) is 3.39. The Labute approximate surface area is 144 Å². The monoisotopic (exact) mass is 332 g/mol. The fourth-order valence-corrected chi connectivity index (χ4v) is 2.72. The molecule has 0 amide bonds. The van der Waals surface area contributed by atoms with Crippen molar-refractivity contribution >= 4 is 23.2 Å². The maximum absolute atomic E-state index is 8.00. The minimum absolute atomic E-state index is 0.819. The van der Waals surface area contributed by atoms with Crippen LogP contribution in [0.5, 0.6) is 5.75 Å². The first-order valence-corrected chi connectivity index (χ1v) is 8.25. The van der Waals surface area contributed by atoms with Crippen molar-refractivity contribution in [2.45, 2.75) is 26.2 Å². The lowest BCUT2D eigenvalue weighted by Crippen LogP contribution is -2.29. The summed E-state index contributed by atoms with van der Waals surface area (Å²) < 4.78 is 9.95. The number of carbonyl (C=O) groups is 1. The second-order valence-electron chi connectivity index (χ2n) is 5.34. The molecule has 24 heavy (non-hydrogen) atoms. The minimum Gasteiger partial charge on any atom is -0.496 e. The molecule has 5 heteroatoms. The Morgan fingerprint density at radius 2 is 1.75 bits per heavy atom. The summed E-state index contributed by atoms with van der Waals surface area (Å²) in [5, 5.41) is 2.34. The smallest absolute Gasteiger partial charge is 0.128 e. The van der Waals surface area contributed by atoms with Gasteiger partial charge in [0, 0.05) is 43.8 Å². The van der Waals surface area contributed by atoms with E-state index in [0.29, 0.717) is 0 Å². The highest BCUT2D eigenvalue weighted by Crippen LogP contribution is 2.32. The zero-order valence-electron chi connectivity index (χ0n) is 15.0. The molecule has 0 spiro atoms. The first kappa shape index (κ1) is 19.9. The molecule has 0 unspecified atom stereocenters. The van der Waals surface area contributed by atoms with Gasteiger partial charge in [-0.15, -0.1) is 0 Å². The third-order valence-corrected chi connectivity index (χ3v) is 3.95. The van der Waals surface area contributed by atoms with Crippen LogP contribution >= 0.6 is 0 Å². The van der Waals surface area contributed by atoms with Crippen LogP contribution in [-0.2, 0) is 9.53 Å². The Balaban J connectivity index is 0.000000423. The van der Waals surface area contributed by atoms with E-state index in [1.807, 2.05) is 32.2 Å². The lowest BCUT2D eigenvalue weighted by atomic mass is 10.1. The molecule has 1 fully saturated rings. The van der Waals surface area contributed by atoms with Crippen LogP contribution in [0.2, 0.25) is 0 Å². The molecular formula is C19H28N2O3. The highest BCUT2D eigenvalue weighted by molar-refractivity contribution is 5.97. The molecule has 0 N–H and O–H groups in total. The molecule has 3 rings (SSSR count). The molecule has 1 aromatic carbocycles. The fraction of sp³-hybridized carbons (Fsp3) is 0.474. The van der Waals surface area contributed by atoms with Crippen LogP contribution in [0.25, 0.3) is 10.8 Å². The van der Waals surface area contributed by atoms with Crippen molar-refractivity contribution in [2.75, 3.05) is 38.8 Å². The Morgan fingerprint density at radius 3 is 2.33 bits per heavy atom. The van der Waals surface area contributed by atoms with Crippen molar-refractivity contribution < 1.29 is 14.3 Å². The van der Waals surface area contributed by atoms with Gasteiger partial charge in [-0.3, -0.25) is 4.98 Å². The van der Waals surface area contributed by atoms with Crippen molar-refractivity contribution in [3.05, 3.63) is 30.6 Å². The van der Waals surface area contributed by atoms with Crippen molar-refractivity contribution in [3.63, 3.8) is 0 Å². The molecule has 2 aromatic rings. The Hall–Kier alpha value is -2.14. The number of methoxy groups -OCH3 is 2. The van der Waals surface area contributed by atoms with Gasteiger partial charge in [0.1, 0.15) is 12.5 Å². The molecule has 0 aliphatic carbocycles. The predicted molar refractivity (Wildman–Crippen MR) is 99.0 cm³/mol.